The van der Waals surface area contributed by atoms with Gasteiger partial charge in [0, 0.05) is 21.2 Å². The van der Waals surface area contributed by atoms with Crippen molar-refractivity contribution in [1.82, 2.24) is 0 Å². The monoisotopic (exact) mass is 418 g/mol. The summed E-state index contributed by atoms with van der Waals surface area (Å²) < 4.78 is 24.2. The van der Waals surface area contributed by atoms with Crippen LogP contribution in [0.2, 0.25) is 0 Å². The SMILES string of the molecule is NS(=O)(=O)c1ccc(NCc2cccc(Br)c2)c(Br)c1. The van der Waals surface area contributed by atoms with Crippen molar-refractivity contribution in [2.45, 2.75) is 11.4 Å². The number of halogens is 2. The van der Waals surface area contributed by atoms with Gasteiger partial charge in [0.1, 0.15) is 0 Å². The number of hydrogen-bond donors (Lipinski definition) is 2. The number of rotatable bonds is 4. The van der Waals surface area contributed by atoms with Crippen molar-refractivity contribution in [1.29, 1.82) is 0 Å². The summed E-state index contributed by atoms with van der Waals surface area (Å²) in [5, 5.41) is 8.31. The van der Waals surface area contributed by atoms with Gasteiger partial charge in [0.25, 0.3) is 0 Å². The van der Waals surface area contributed by atoms with Gasteiger partial charge in [0.2, 0.25) is 10.0 Å². The van der Waals surface area contributed by atoms with Gasteiger partial charge in [0.05, 0.1) is 4.90 Å². The highest BCUT2D eigenvalue weighted by atomic mass is 79.9. The second-order valence-corrected chi connectivity index (χ2v) is 7.50. The lowest BCUT2D eigenvalue weighted by Crippen LogP contribution is -2.12. The average molecular weight is 420 g/mol. The first-order chi connectivity index (χ1) is 9.36. The van der Waals surface area contributed by atoms with Crippen LogP contribution in [0, 0.1) is 0 Å². The third-order valence-corrected chi connectivity index (χ3v) is 4.70. The fraction of sp³-hybridized carbons (Fsp3) is 0.0769. The number of hydrogen-bond acceptors (Lipinski definition) is 3. The van der Waals surface area contributed by atoms with Crippen molar-refractivity contribution in [2.75, 3.05) is 5.32 Å². The van der Waals surface area contributed by atoms with E-state index in [0.29, 0.717) is 11.0 Å². The Morgan fingerprint density at radius 2 is 1.85 bits per heavy atom. The minimum Gasteiger partial charge on any atom is -0.380 e. The van der Waals surface area contributed by atoms with E-state index in [-0.39, 0.29) is 4.90 Å². The maximum Gasteiger partial charge on any atom is 0.238 e. The van der Waals surface area contributed by atoms with Gasteiger partial charge >= 0.3 is 0 Å². The summed E-state index contributed by atoms with van der Waals surface area (Å²) in [5.74, 6) is 0. The van der Waals surface area contributed by atoms with E-state index in [9.17, 15) is 8.42 Å². The number of primary sulfonamides is 1. The van der Waals surface area contributed by atoms with Crippen LogP contribution in [0.15, 0.2) is 56.3 Å². The summed E-state index contributed by atoms with van der Waals surface area (Å²) in [6, 6.07) is 12.6. The molecule has 0 saturated heterocycles. The summed E-state index contributed by atoms with van der Waals surface area (Å²) in [4.78, 5) is 0.0809. The van der Waals surface area contributed by atoms with Gasteiger partial charge in [-0.3, -0.25) is 0 Å². The molecule has 0 spiro atoms. The summed E-state index contributed by atoms with van der Waals surface area (Å²) >= 11 is 6.75. The van der Waals surface area contributed by atoms with Crippen molar-refractivity contribution < 1.29 is 8.42 Å². The Hall–Kier alpha value is -0.890. The Labute approximate surface area is 134 Å². The molecule has 0 amide bonds. The molecule has 0 radical (unpaired) electrons. The van der Waals surface area contributed by atoms with E-state index >= 15 is 0 Å². The van der Waals surface area contributed by atoms with Gasteiger partial charge in [-0.2, -0.15) is 0 Å². The molecule has 20 heavy (non-hydrogen) atoms. The van der Waals surface area contributed by atoms with Crippen LogP contribution in [0.1, 0.15) is 5.56 Å². The van der Waals surface area contributed by atoms with Crippen molar-refractivity contribution >= 4 is 47.6 Å². The maximum absolute atomic E-state index is 11.2. The molecule has 2 aromatic carbocycles. The largest absolute Gasteiger partial charge is 0.380 e. The zero-order valence-electron chi connectivity index (χ0n) is 10.3. The van der Waals surface area contributed by atoms with Gasteiger partial charge in [-0.15, -0.1) is 0 Å². The third-order valence-electron chi connectivity index (χ3n) is 2.64. The molecule has 0 bridgehead atoms. The molecule has 0 aliphatic rings. The van der Waals surface area contributed by atoms with E-state index < -0.39 is 10.0 Å². The second-order valence-electron chi connectivity index (χ2n) is 4.17. The zero-order chi connectivity index (χ0) is 14.8. The van der Waals surface area contributed by atoms with E-state index in [4.69, 9.17) is 5.14 Å². The average Bonchev–Trinajstić information content (AvgIpc) is 2.36. The first kappa shape index (κ1) is 15.5. The number of benzene rings is 2. The normalized spacial score (nSPS) is 11.3. The van der Waals surface area contributed by atoms with Gasteiger partial charge < -0.3 is 5.32 Å². The van der Waals surface area contributed by atoms with Crippen molar-refractivity contribution in [3.05, 3.63) is 57.0 Å². The Kier molecular flexibility index (Phi) is 4.85. The molecule has 0 atom stereocenters. The summed E-state index contributed by atoms with van der Waals surface area (Å²) in [6.07, 6.45) is 0. The quantitative estimate of drug-likeness (QED) is 0.796. The lowest BCUT2D eigenvalue weighted by molar-refractivity contribution is 0.598. The molecule has 0 aliphatic carbocycles. The summed E-state index contributed by atoms with van der Waals surface area (Å²) in [7, 11) is -3.68. The highest BCUT2D eigenvalue weighted by Gasteiger charge is 2.10. The maximum atomic E-state index is 11.2. The van der Waals surface area contributed by atoms with Crippen molar-refractivity contribution in [2.24, 2.45) is 5.14 Å². The number of anilines is 1. The molecule has 3 N–H and O–H groups in total. The molecule has 0 unspecified atom stereocenters. The molecule has 0 heterocycles. The standard InChI is InChI=1S/C13H12Br2N2O2S/c14-10-3-1-2-9(6-10)8-17-13-5-4-11(7-12(13)15)20(16,18)19/h1-7,17H,8H2,(H2,16,18,19). The van der Waals surface area contributed by atoms with Crippen LogP contribution in [-0.4, -0.2) is 8.42 Å². The molecule has 4 nitrogen and oxygen atoms in total. The van der Waals surface area contributed by atoms with Crippen LogP contribution < -0.4 is 10.5 Å². The lowest BCUT2D eigenvalue weighted by atomic mass is 10.2. The van der Waals surface area contributed by atoms with E-state index in [1.807, 2.05) is 24.3 Å². The first-order valence-electron chi connectivity index (χ1n) is 5.67. The van der Waals surface area contributed by atoms with Gasteiger partial charge in [-0.05, 0) is 51.8 Å². The Morgan fingerprint density at radius 1 is 1.10 bits per heavy atom. The minimum absolute atomic E-state index is 0.0809. The molecule has 0 fully saturated rings. The van der Waals surface area contributed by atoms with Crippen LogP contribution in [0.3, 0.4) is 0 Å². The lowest BCUT2D eigenvalue weighted by Gasteiger charge is -2.10. The Morgan fingerprint density at radius 3 is 2.45 bits per heavy atom. The fourth-order valence-corrected chi connectivity index (χ4v) is 3.32. The van der Waals surface area contributed by atoms with Crippen LogP contribution in [0.4, 0.5) is 5.69 Å². The highest BCUT2D eigenvalue weighted by Crippen LogP contribution is 2.26. The molecule has 2 rings (SSSR count). The van der Waals surface area contributed by atoms with Crippen LogP contribution >= 0.6 is 31.9 Å². The van der Waals surface area contributed by atoms with Crippen LogP contribution in [0.5, 0.6) is 0 Å². The van der Waals surface area contributed by atoms with E-state index in [1.165, 1.54) is 12.1 Å². The van der Waals surface area contributed by atoms with Crippen LogP contribution in [0.25, 0.3) is 0 Å². The first-order valence-corrected chi connectivity index (χ1v) is 8.80. The zero-order valence-corrected chi connectivity index (χ0v) is 14.3. The van der Waals surface area contributed by atoms with Gasteiger partial charge in [-0.25, -0.2) is 13.6 Å². The molecular formula is C13H12Br2N2O2S. The van der Waals surface area contributed by atoms with E-state index in [1.54, 1.807) is 6.07 Å². The van der Waals surface area contributed by atoms with Crippen LogP contribution in [-0.2, 0) is 16.6 Å². The number of nitrogens with two attached hydrogens (primary N) is 1. The predicted octanol–water partition coefficient (Wildman–Crippen LogP) is 3.47. The predicted molar refractivity (Wildman–Crippen MR) is 87.0 cm³/mol. The fourth-order valence-electron chi connectivity index (χ4n) is 1.66. The van der Waals surface area contributed by atoms with Crippen molar-refractivity contribution in [3.63, 3.8) is 0 Å². The Bertz CT molecular complexity index is 733. The molecule has 0 saturated carbocycles. The minimum atomic E-state index is -3.68. The second kappa shape index (κ2) is 6.26. The van der Waals surface area contributed by atoms with E-state index in [2.05, 4.69) is 37.2 Å². The van der Waals surface area contributed by atoms with E-state index in [0.717, 1.165) is 15.7 Å². The van der Waals surface area contributed by atoms with Gasteiger partial charge in [-0.1, -0.05) is 28.1 Å². The molecule has 0 aliphatic heterocycles. The molecular weight excluding hydrogens is 408 g/mol. The summed E-state index contributed by atoms with van der Waals surface area (Å²) in [5.41, 5.74) is 1.92. The molecule has 7 heteroatoms. The Balaban J connectivity index is 2.15. The number of sulfonamides is 1. The highest BCUT2D eigenvalue weighted by molar-refractivity contribution is 9.10. The smallest absolute Gasteiger partial charge is 0.238 e. The third kappa shape index (κ3) is 4.05. The van der Waals surface area contributed by atoms with Crippen molar-refractivity contribution in [3.8, 4) is 0 Å². The van der Waals surface area contributed by atoms with Gasteiger partial charge in [0.15, 0.2) is 0 Å². The number of nitrogens with one attached hydrogen (secondary N) is 1. The summed E-state index contributed by atoms with van der Waals surface area (Å²) in [6.45, 7) is 0.632. The molecule has 2 aromatic rings. The topological polar surface area (TPSA) is 72.2 Å². The molecule has 0 aromatic heterocycles. The molecule has 106 valence electrons.